The van der Waals surface area contributed by atoms with Gasteiger partial charge in [0.2, 0.25) is 17.7 Å². The Hall–Kier alpha value is -3.94. The molecule has 0 spiro atoms. The predicted octanol–water partition coefficient (Wildman–Crippen LogP) is 2.37. The summed E-state index contributed by atoms with van der Waals surface area (Å²) in [5, 5.41) is 7.04. The first-order valence-corrected chi connectivity index (χ1v) is 10.5. The molecule has 1 atom stereocenters. The van der Waals surface area contributed by atoms with Crippen molar-refractivity contribution in [1.29, 1.82) is 0 Å². The summed E-state index contributed by atoms with van der Waals surface area (Å²) in [6, 6.07) is 16.8. The average molecular weight is 430 g/mol. The first-order chi connectivity index (χ1) is 15.5. The fourth-order valence-electron chi connectivity index (χ4n) is 4.31. The van der Waals surface area contributed by atoms with Crippen LogP contribution in [0.25, 0.3) is 11.3 Å². The lowest BCUT2D eigenvalue weighted by Crippen LogP contribution is -2.52. The Bertz CT molecular complexity index is 1220. The van der Waals surface area contributed by atoms with Gasteiger partial charge in [0.25, 0.3) is 5.91 Å². The second-order valence-corrected chi connectivity index (χ2v) is 7.99. The molecule has 1 N–H and O–H groups in total. The van der Waals surface area contributed by atoms with Crippen LogP contribution in [0, 0.1) is 0 Å². The summed E-state index contributed by atoms with van der Waals surface area (Å²) in [6.07, 6.45) is 0.582. The lowest BCUT2D eigenvalue weighted by Gasteiger charge is -2.29. The Morgan fingerprint density at radius 1 is 1.09 bits per heavy atom. The number of imide groups is 1. The van der Waals surface area contributed by atoms with Crippen molar-refractivity contribution >= 4 is 17.7 Å². The Balaban J connectivity index is 1.41. The van der Waals surface area contributed by atoms with Gasteiger partial charge >= 0.3 is 0 Å². The number of nitrogens with zero attached hydrogens (tertiary/aromatic N) is 3. The number of carbonyl (C=O) groups is 3. The second kappa shape index (κ2) is 7.96. The van der Waals surface area contributed by atoms with Crippen molar-refractivity contribution in [3.63, 3.8) is 0 Å². The molecule has 0 saturated carbocycles. The van der Waals surface area contributed by atoms with Gasteiger partial charge in [-0.2, -0.15) is 5.10 Å². The summed E-state index contributed by atoms with van der Waals surface area (Å²) in [6.45, 7) is 0.910. The molecule has 3 amide bonds. The van der Waals surface area contributed by atoms with E-state index < -0.39 is 11.9 Å². The van der Waals surface area contributed by atoms with E-state index in [1.807, 2.05) is 48.5 Å². The minimum Gasteiger partial charge on any atom is -0.481 e. The third kappa shape index (κ3) is 3.53. The zero-order valence-electron chi connectivity index (χ0n) is 17.6. The molecule has 1 fully saturated rings. The van der Waals surface area contributed by atoms with E-state index in [2.05, 4.69) is 5.32 Å². The number of hydrogen-bond acceptors (Lipinski definition) is 5. The Morgan fingerprint density at radius 3 is 2.66 bits per heavy atom. The van der Waals surface area contributed by atoms with Crippen LogP contribution in [0.15, 0.2) is 54.6 Å². The number of nitrogens with one attached hydrogen (secondary N) is 1. The fourth-order valence-corrected chi connectivity index (χ4v) is 4.31. The zero-order chi connectivity index (χ0) is 22.2. The van der Waals surface area contributed by atoms with Crippen molar-refractivity contribution in [2.45, 2.75) is 32.0 Å². The molecule has 32 heavy (non-hydrogen) atoms. The van der Waals surface area contributed by atoms with Crippen molar-refractivity contribution in [2.75, 3.05) is 7.11 Å². The van der Waals surface area contributed by atoms with Crippen molar-refractivity contribution < 1.29 is 19.1 Å². The molecule has 8 heteroatoms. The van der Waals surface area contributed by atoms with Crippen LogP contribution in [-0.4, -0.2) is 45.6 Å². The highest BCUT2D eigenvalue weighted by Crippen LogP contribution is 2.32. The third-order valence-corrected chi connectivity index (χ3v) is 5.95. The van der Waals surface area contributed by atoms with Crippen LogP contribution in [0.3, 0.4) is 0 Å². The molecule has 0 bridgehead atoms. The molecule has 1 saturated heterocycles. The number of piperidine rings is 1. The van der Waals surface area contributed by atoms with E-state index >= 15 is 0 Å². The smallest absolute Gasteiger partial charge is 0.255 e. The maximum absolute atomic E-state index is 12.9. The Kier molecular flexibility index (Phi) is 4.97. The van der Waals surface area contributed by atoms with Gasteiger partial charge in [0.1, 0.15) is 6.04 Å². The SMILES string of the molecule is COc1cc(-c2ccc3c(c2)CN(C2CCC(=O)NC2=O)C3=O)nn1Cc1ccccc1. The number of fused-ring (bicyclic) bond motifs is 1. The minimum atomic E-state index is -0.624. The molecule has 162 valence electrons. The number of aromatic nitrogens is 2. The van der Waals surface area contributed by atoms with Crippen molar-refractivity contribution in [3.05, 3.63) is 71.3 Å². The normalized spacial score (nSPS) is 18.0. The number of rotatable bonds is 5. The quantitative estimate of drug-likeness (QED) is 0.628. The van der Waals surface area contributed by atoms with Gasteiger partial charge in [-0.1, -0.05) is 36.4 Å². The lowest BCUT2D eigenvalue weighted by molar-refractivity contribution is -0.136. The van der Waals surface area contributed by atoms with Crippen LogP contribution in [0.5, 0.6) is 5.88 Å². The number of carbonyl (C=O) groups excluding carboxylic acids is 3. The molecular formula is C24H22N4O4. The number of ether oxygens (including phenoxy) is 1. The molecule has 2 aromatic carbocycles. The average Bonchev–Trinajstić information content (AvgIpc) is 3.35. The predicted molar refractivity (Wildman–Crippen MR) is 116 cm³/mol. The van der Waals surface area contributed by atoms with Crippen LogP contribution in [0.4, 0.5) is 0 Å². The molecule has 2 aliphatic rings. The van der Waals surface area contributed by atoms with Gasteiger partial charge in [0, 0.05) is 30.2 Å². The number of amides is 3. The fraction of sp³-hybridized carbons (Fsp3) is 0.250. The number of hydrogen-bond donors (Lipinski definition) is 1. The van der Waals surface area contributed by atoms with Gasteiger partial charge < -0.3 is 9.64 Å². The molecule has 8 nitrogen and oxygen atoms in total. The van der Waals surface area contributed by atoms with Crippen molar-refractivity contribution in [2.24, 2.45) is 0 Å². The molecular weight excluding hydrogens is 408 g/mol. The van der Waals surface area contributed by atoms with Crippen molar-refractivity contribution in [3.8, 4) is 17.1 Å². The molecule has 2 aliphatic heterocycles. The minimum absolute atomic E-state index is 0.187. The van der Waals surface area contributed by atoms with Gasteiger partial charge in [-0.25, -0.2) is 4.68 Å². The van der Waals surface area contributed by atoms with E-state index in [-0.39, 0.29) is 18.2 Å². The van der Waals surface area contributed by atoms with Crippen LogP contribution in [-0.2, 0) is 22.7 Å². The number of methoxy groups -OCH3 is 1. The van der Waals surface area contributed by atoms with E-state index in [4.69, 9.17) is 9.84 Å². The van der Waals surface area contributed by atoms with Crippen LogP contribution in [0.2, 0.25) is 0 Å². The first-order valence-electron chi connectivity index (χ1n) is 10.5. The van der Waals surface area contributed by atoms with Gasteiger partial charge in [0.05, 0.1) is 19.3 Å². The summed E-state index contributed by atoms with van der Waals surface area (Å²) in [5.74, 6) is -0.247. The van der Waals surface area contributed by atoms with E-state index in [0.29, 0.717) is 31.0 Å². The lowest BCUT2D eigenvalue weighted by atomic mass is 10.0. The maximum atomic E-state index is 12.9. The first kappa shape index (κ1) is 20.0. The van der Waals surface area contributed by atoms with Crippen LogP contribution < -0.4 is 10.1 Å². The van der Waals surface area contributed by atoms with Gasteiger partial charge in [-0.3, -0.25) is 19.7 Å². The summed E-state index contributed by atoms with van der Waals surface area (Å²) in [7, 11) is 1.61. The van der Waals surface area contributed by atoms with E-state index in [1.165, 1.54) is 0 Å². The second-order valence-electron chi connectivity index (χ2n) is 7.99. The van der Waals surface area contributed by atoms with E-state index in [1.54, 1.807) is 22.8 Å². The molecule has 3 aromatic rings. The maximum Gasteiger partial charge on any atom is 0.255 e. The summed E-state index contributed by atoms with van der Waals surface area (Å²) >= 11 is 0. The van der Waals surface area contributed by atoms with Crippen LogP contribution >= 0.6 is 0 Å². The summed E-state index contributed by atoms with van der Waals surface area (Å²) in [4.78, 5) is 38.1. The van der Waals surface area contributed by atoms with Crippen LogP contribution in [0.1, 0.15) is 34.3 Å². The molecule has 1 aromatic heterocycles. The largest absolute Gasteiger partial charge is 0.481 e. The highest BCUT2D eigenvalue weighted by atomic mass is 16.5. The summed E-state index contributed by atoms with van der Waals surface area (Å²) in [5.41, 5.74) is 4.14. The van der Waals surface area contributed by atoms with Gasteiger partial charge in [-0.15, -0.1) is 0 Å². The third-order valence-electron chi connectivity index (χ3n) is 5.95. The van der Waals surface area contributed by atoms with Gasteiger partial charge in [-0.05, 0) is 29.7 Å². The topological polar surface area (TPSA) is 93.5 Å². The molecule has 0 radical (unpaired) electrons. The van der Waals surface area contributed by atoms with E-state index in [0.717, 1.165) is 22.4 Å². The number of benzene rings is 2. The highest BCUT2D eigenvalue weighted by molar-refractivity contribution is 6.05. The van der Waals surface area contributed by atoms with E-state index in [9.17, 15) is 14.4 Å². The molecule has 0 aliphatic carbocycles. The molecule has 1 unspecified atom stereocenters. The Morgan fingerprint density at radius 2 is 1.91 bits per heavy atom. The summed E-state index contributed by atoms with van der Waals surface area (Å²) < 4.78 is 7.32. The zero-order valence-corrected chi connectivity index (χ0v) is 17.6. The highest BCUT2D eigenvalue weighted by Gasteiger charge is 2.39. The Labute approximate surface area is 184 Å². The van der Waals surface area contributed by atoms with Crippen molar-refractivity contribution in [1.82, 2.24) is 20.0 Å². The monoisotopic (exact) mass is 430 g/mol. The molecule has 5 rings (SSSR count). The standard InChI is InChI=1S/C24H22N4O4/c1-32-22-12-19(26-28(22)13-15-5-3-2-4-6-15)16-7-8-18-17(11-16)14-27(24(18)31)20-9-10-21(29)25-23(20)30/h2-8,11-12,20H,9-10,13-14H2,1H3,(H,25,29,30). The van der Waals surface area contributed by atoms with Gasteiger partial charge in [0.15, 0.2) is 0 Å². The molecule has 3 heterocycles.